The number of carbonyl (C=O) groups excluding carboxylic acids is 1. The second kappa shape index (κ2) is 4.63. The fourth-order valence-corrected chi connectivity index (χ4v) is 3.18. The second-order valence-corrected chi connectivity index (χ2v) is 5.72. The Balaban J connectivity index is 1.75. The third kappa shape index (κ3) is 2.27. The van der Waals surface area contributed by atoms with Crippen molar-refractivity contribution in [3.05, 3.63) is 22.7 Å². The van der Waals surface area contributed by atoms with E-state index >= 15 is 0 Å². The van der Waals surface area contributed by atoms with E-state index in [0.717, 1.165) is 0 Å². The van der Waals surface area contributed by atoms with Crippen LogP contribution in [0.15, 0.2) is 16.9 Å². The van der Waals surface area contributed by atoms with Gasteiger partial charge in [0.2, 0.25) is 0 Å². The molecule has 1 aromatic heterocycles. The minimum Gasteiger partial charge on any atom is -0.441 e. The normalized spacial score (nSPS) is 21.4. The molecular formula is C12H13BrFN3O2. The summed E-state index contributed by atoms with van der Waals surface area (Å²) >= 11 is 3.33. The van der Waals surface area contributed by atoms with Crippen molar-refractivity contribution in [1.82, 2.24) is 10.3 Å². The van der Waals surface area contributed by atoms with Crippen LogP contribution in [0.5, 0.6) is 0 Å². The van der Waals surface area contributed by atoms with Gasteiger partial charge in [-0.1, -0.05) is 0 Å². The number of pyridine rings is 1. The van der Waals surface area contributed by atoms with E-state index in [1.54, 1.807) is 6.20 Å². The summed E-state index contributed by atoms with van der Waals surface area (Å²) in [5.41, 5.74) is 0.117. The first kappa shape index (κ1) is 12.7. The van der Waals surface area contributed by atoms with Crippen LogP contribution in [0.25, 0.3) is 0 Å². The lowest BCUT2D eigenvalue weighted by Gasteiger charge is -2.38. The summed E-state index contributed by atoms with van der Waals surface area (Å²) in [6.45, 7) is 1.84. The predicted molar refractivity (Wildman–Crippen MR) is 70.6 cm³/mol. The average Bonchev–Trinajstić information content (AvgIpc) is 2.73. The van der Waals surface area contributed by atoms with Crippen LogP contribution in [-0.2, 0) is 4.74 Å². The smallest absolute Gasteiger partial charge is 0.407 e. The van der Waals surface area contributed by atoms with Crippen molar-refractivity contribution in [2.45, 2.75) is 18.4 Å². The van der Waals surface area contributed by atoms with Gasteiger partial charge in [0.25, 0.3) is 0 Å². The molecule has 0 unspecified atom stereocenters. The van der Waals surface area contributed by atoms with E-state index in [2.05, 4.69) is 26.2 Å². The van der Waals surface area contributed by atoms with Crippen molar-refractivity contribution < 1.29 is 13.9 Å². The molecule has 0 radical (unpaired) electrons. The van der Waals surface area contributed by atoms with Crippen molar-refractivity contribution in [1.29, 1.82) is 0 Å². The molecule has 1 amide bonds. The number of halogens is 2. The van der Waals surface area contributed by atoms with E-state index in [1.807, 2.05) is 4.90 Å². The zero-order valence-electron chi connectivity index (χ0n) is 10.2. The van der Waals surface area contributed by atoms with Crippen LogP contribution in [0, 0.1) is 5.82 Å². The lowest BCUT2D eigenvalue weighted by atomic mass is 9.91. The van der Waals surface area contributed by atoms with Crippen molar-refractivity contribution in [3.8, 4) is 0 Å². The SMILES string of the molecule is O=C1NCC2(CCN(c3c(F)cncc3Br)CC2)O1. The number of nitrogens with one attached hydrogen (secondary N) is 1. The van der Waals surface area contributed by atoms with Gasteiger partial charge in [0.1, 0.15) is 5.60 Å². The van der Waals surface area contributed by atoms with Gasteiger partial charge in [-0.15, -0.1) is 0 Å². The summed E-state index contributed by atoms with van der Waals surface area (Å²) in [5.74, 6) is -0.341. The van der Waals surface area contributed by atoms with E-state index in [9.17, 15) is 9.18 Å². The number of nitrogens with zero attached hydrogens (tertiary/aromatic N) is 2. The number of amides is 1. The van der Waals surface area contributed by atoms with Gasteiger partial charge in [-0.2, -0.15) is 0 Å². The first-order chi connectivity index (χ1) is 9.10. The Morgan fingerprint density at radius 2 is 2.16 bits per heavy atom. The number of aromatic nitrogens is 1. The summed E-state index contributed by atoms with van der Waals surface area (Å²) in [6, 6.07) is 0. The molecule has 1 N–H and O–H groups in total. The highest BCUT2D eigenvalue weighted by atomic mass is 79.9. The van der Waals surface area contributed by atoms with Gasteiger partial charge >= 0.3 is 6.09 Å². The molecule has 0 atom stereocenters. The van der Waals surface area contributed by atoms with Gasteiger partial charge in [-0.3, -0.25) is 4.98 Å². The third-order valence-corrected chi connectivity index (χ3v) is 4.26. The van der Waals surface area contributed by atoms with E-state index in [4.69, 9.17) is 4.74 Å². The number of carbonyl (C=O) groups is 1. The number of hydrogen-bond acceptors (Lipinski definition) is 4. The minimum absolute atomic E-state index is 0.341. The fourth-order valence-electron chi connectivity index (χ4n) is 2.63. The standard InChI is InChI=1S/C12H13BrFN3O2/c13-8-5-15-6-9(14)10(8)17-3-1-12(2-4-17)7-16-11(18)19-12/h5-6H,1-4,7H2,(H,16,18). The van der Waals surface area contributed by atoms with Crippen molar-refractivity contribution in [3.63, 3.8) is 0 Å². The number of ether oxygens (including phenoxy) is 1. The van der Waals surface area contributed by atoms with Gasteiger partial charge in [-0.05, 0) is 15.9 Å². The molecule has 3 heterocycles. The number of piperidine rings is 1. The zero-order valence-corrected chi connectivity index (χ0v) is 11.7. The van der Waals surface area contributed by atoms with Crippen LogP contribution < -0.4 is 10.2 Å². The maximum Gasteiger partial charge on any atom is 0.407 e. The fraction of sp³-hybridized carbons (Fsp3) is 0.500. The van der Waals surface area contributed by atoms with Gasteiger partial charge in [-0.25, -0.2) is 9.18 Å². The summed E-state index contributed by atoms with van der Waals surface area (Å²) in [7, 11) is 0. The molecule has 0 aromatic carbocycles. The molecule has 5 nitrogen and oxygen atoms in total. The van der Waals surface area contributed by atoms with Gasteiger partial charge in [0.15, 0.2) is 5.82 Å². The topological polar surface area (TPSA) is 54.5 Å². The highest BCUT2D eigenvalue weighted by Crippen LogP contribution is 2.35. The van der Waals surface area contributed by atoms with Crippen molar-refractivity contribution >= 4 is 27.7 Å². The summed E-state index contributed by atoms with van der Waals surface area (Å²) in [6.07, 6.45) is 3.83. The largest absolute Gasteiger partial charge is 0.441 e. The molecule has 0 saturated carbocycles. The molecule has 0 aliphatic carbocycles. The Morgan fingerprint density at radius 1 is 1.42 bits per heavy atom. The van der Waals surface area contributed by atoms with Crippen LogP contribution in [-0.4, -0.2) is 36.3 Å². The lowest BCUT2D eigenvalue weighted by molar-refractivity contribution is 0.0365. The molecule has 2 fully saturated rings. The number of rotatable bonds is 1. The van der Waals surface area contributed by atoms with Crippen molar-refractivity contribution in [2.75, 3.05) is 24.5 Å². The van der Waals surface area contributed by atoms with Gasteiger partial charge < -0.3 is 15.0 Å². The first-order valence-corrected chi connectivity index (χ1v) is 6.90. The molecule has 2 aliphatic heterocycles. The molecule has 102 valence electrons. The first-order valence-electron chi connectivity index (χ1n) is 6.10. The monoisotopic (exact) mass is 329 g/mol. The van der Waals surface area contributed by atoms with Gasteiger partial charge in [0.05, 0.1) is 22.9 Å². The quantitative estimate of drug-likeness (QED) is 0.856. The molecular weight excluding hydrogens is 317 g/mol. The van der Waals surface area contributed by atoms with Crippen LogP contribution in [0.2, 0.25) is 0 Å². The van der Waals surface area contributed by atoms with Crippen LogP contribution in [0.4, 0.5) is 14.9 Å². The Bertz CT molecular complexity index is 497. The average molecular weight is 330 g/mol. The highest BCUT2D eigenvalue weighted by molar-refractivity contribution is 9.10. The predicted octanol–water partition coefficient (Wildman–Crippen LogP) is 2.06. The number of anilines is 1. The molecule has 2 saturated heterocycles. The number of hydrogen-bond donors (Lipinski definition) is 1. The lowest BCUT2D eigenvalue weighted by Crippen LogP contribution is -2.47. The van der Waals surface area contributed by atoms with Crippen molar-refractivity contribution in [2.24, 2.45) is 0 Å². The highest BCUT2D eigenvalue weighted by Gasteiger charge is 2.43. The van der Waals surface area contributed by atoms with E-state index in [1.165, 1.54) is 6.20 Å². The molecule has 0 bridgehead atoms. The Morgan fingerprint density at radius 3 is 2.74 bits per heavy atom. The molecule has 1 spiro atoms. The summed E-state index contributed by atoms with van der Waals surface area (Å²) < 4.78 is 19.8. The van der Waals surface area contributed by atoms with Crippen LogP contribution in [0.3, 0.4) is 0 Å². The zero-order chi connectivity index (χ0) is 13.5. The Labute approximate surface area is 118 Å². The van der Waals surface area contributed by atoms with E-state index < -0.39 is 5.60 Å². The third-order valence-electron chi connectivity index (χ3n) is 3.68. The Kier molecular flexibility index (Phi) is 3.08. The molecule has 2 aliphatic rings. The second-order valence-electron chi connectivity index (χ2n) is 4.86. The molecule has 7 heteroatoms. The van der Waals surface area contributed by atoms with E-state index in [-0.39, 0.29) is 11.9 Å². The number of alkyl carbamates (subject to hydrolysis) is 1. The Hall–Kier alpha value is -1.37. The molecule has 3 rings (SSSR count). The van der Waals surface area contributed by atoms with Crippen LogP contribution in [0.1, 0.15) is 12.8 Å². The maximum atomic E-state index is 13.8. The van der Waals surface area contributed by atoms with Gasteiger partial charge in [0, 0.05) is 32.1 Å². The minimum atomic E-state index is -0.413. The molecule has 1 aromatic rings. The summed E-state index contributed by atoms with van der Waals surface area (Å²) in [4.78, 5) is 16.9. The maximum absolute atomic E-state index is 13.8. The van der Waals surface area contributed by atoms with E-state index in [0.29, 0.717) is 42.6 Å². The van der Waals surface area contributed by atoms with Crippen LogP contribution >= 0.6 is 15.9 Å². The molecule has 19 heavy (non-hydrogen) atoms. The summed E-state index contributed by atoms with van der Waals surface area (Å²) in [5, 5.41) is 2.68.